The van der Waals surface area contributed by atoms with Crippen LogP contribution < -0.4 is 5.73 Å². The maximum Gasteiger partial charge on any atom is 0.418 e. The molecule has 0 aliphatic heterocycles. The lowest BCUT2D eigenvalue weighted by Crippen LogP contribution is -2.08. The van der Waals surface area contributed by atoms with E-state index in [1.165, 1.54) is 6.07 Å². The first-order chi connectivity index (χ1) is 7.95. The van der Waals surface area contributed by atoms with Crippen LogP contribution in [0.5, 0.6) is 0 Å². The van der Waals surface area contributed by atoms with Crippen molar-refractivity contribution in [2.24, 2.45) is 5.11 Å². The number of nitrogen functional groups attached to an aromatic ring is 1. The molecule has 0 amide bonds. The molecule has 0 aromatic heterocycles. The maximum absolute atomic E-state index is 12.4. The summed E-state index contributed by atoms with van der Waals surface area (Å²) in [4.78, 5) is 2.48. The SMILES string of the molecule is [N-]=[N+]=NCC#Cc1ccc(C(F)(F)F)c(N)c1. The summed E-state index contributed by atoms with van der Waals surface area (Å²) in [6, 6.07) is 3.21. The summed E-state index contributed by atoms with van der Waals surface area (Å²) in [5, 5.41) is 3.16. The standard InChI is InChI=1S/C10H7F3N4/c11-10(12,13)8-4-3-7(6-9(8)14)2-1-5-16-17-15/h3-4,6H,5,14H2. The lowest BCUT2D eigenvalue weighted by Gasteiger charge is -2.09. The molecule has 0 bridgehead atoms. The van der Waals surface area contributed by atoms with Gasteiger partial charge in [-0.15, -0.1) is 0 Å². The Morgan fingerprint density at radius 1 is 1.41 bits per heavy atom. The highest BCUT2D eigenvalue weighted by molar-refractivity contribution is 5.54. The third kappa shape index (κ3) is 3.63. The molecule has 0 aliphatic rings. The fourth-order valence-electron chi connectivity index (χ4n) is 1.11. The Morgan fingerprint density at radius 2 is 2.12 bits per heavy atom. The molecule has 1 aromatic carbocycles. The first-order valence-electron chi connectivity index (χ1n) is 4.41. The van der Waals surface area contributed by atoms with Crippen molar-refractivity contribution in [2.75, 3.05) is 12.3 Å². The summed E-state index contributed by atoms with van der Waals surface area (Å²) in [6.45, 7) is -0.0442. The van der Waals surface area contributed by atoms with Crippen molar-refractivity contribution >= 4 is 5.69 Å². The highest BCUT2D eigenvalue weighted by atomic mass is 19.4. The molecule has 17 heavy (non-hydrogen) atoms. The number of azide groups is 1. The largest absolute Gasteiger partial charge is 0.418 e. The van der Waals surface area contributed by atoms with Crippen LogP contribution in [0.25, 0.3) is 10.4 Å². The number of hydrogen-bond donors (Lipinski definition) is 1. The Morgan fingerprint density at radius 3 is 2.65 bits per heavy atom. The van der Waals surface area contributed by atoms with Gasteiger partial charge >= 0.3 is 6.18 Å². The van der Waals surface area contributed by atoms with E-state index in [0.29, 0.717) is 5.56 Å². The molecule has 2 N–H and O–H groups in total. The molecule has 1 aromatic rings. The minimum absolute atomic E-state index is 0.0442. The van der Waals surface area contributed by atoms with E-state index in [-0.39, 0.29) is 12.2 Å². The fourth-order valence-corrected chi connectivity index (χ4v) is 1.11. The zero-order valence-corrected chi connectivity index (χ0v) is 8.49. The van der Waals surface area contributed by atoms with Crippen LogP contribution in [-0.4, -0.2) is 6.54 Å². The first kappa shape index (κ1) is 12.7. The Kier molecular flexibility index (Phi) is 3.86. The van der Waals surface area contributed by atoms with Gasteiger partial charge in [0, 0.05) is 16.2 Å². The predicted octanol–water partition coefficient (Wildman–Crippen LogP) is 2.95. The van der Waals surface area contributed by atoms with Crippen LogP contribution in [0.1, 0.15) is 11.1 Å². The first-order valence-corrected chi connectivity index (χ1v) is 4.41. The maximum atomic E-state index is 12.4. The normalized spacial score (nSPS) is 10.1. The van der Waals surface area contributed by atoms with Crippen molar-refractivity contribution < 1.29 is 13.2 Å². The van der Waals surface area contributed by atoms with Gasteiger partial charge in [-0.2, -0.15) is 13.2 Å². The quantitative estimate of drug-likeness (QED) is 0.264. The number of hydrogen-bond acceptors (Lipinski definition) is 2. The van der Waals surface area contributed by atoms with Gasteiger partial charge in [0.05, 0.1) is 12.1 Å². The van der Waals surface area contributed by atoms with E-state index in [1.807, 2.05) is 0 Å². The topological polar surface area (TPSA) is 74.8 Å². The number of anilines is 1. The Bertz CT molecular complexity index is 519. The van der Waals surface area contributed by atoms with Gasteiger partial charge in [0.25, 0.3) is 0 Å². The van der Waals surface area contributed by atoms with Crippen molar-refractivity contribution in [3.8, 4) is 11.8 Å². The second-order valence-electron chi connectivity index (χ2n) is 2.99. The van der Waals surface area contributed by atoms with Crippen LogP contribution in [0, 0.1) is 11.8 Å². The molecule has 0 saturated heterocycles. The summed E-state index contributed by atoms with van der Waals surface area (Å²) in [6.07, 6.45) is -4.47. The summed E-state index contributed by atoms with van der Waals surface area (Å²) in [5.41, 5.74) is 12.3. The molecular formula is C10H7F3N4. The van der Waals surface area contributed by atoms with Gasteiger partial charge in [0.2, 0.25) is 0 Å². The molecule has 0 spiro atoms. The molecule has 0 radical (unpaired) electrons. The fraction of sp³-hybridized carbons (Fsp3) is 0.200. The second kappa shape index (κ2) is 5.14. The predicted molar refractivity (Wildman–Crippen MR) is 56.7 cm³/mol. The van der Waals surface area contributed by atoms with E-state index >= 15 is 0 Å². The zero-order valence-electron chi connectivity index (χ0n) is 8.49. The summed E-state index contributed by atoms with van der Waals surface area (Å²) in [5.74, 6) is 5.02. The number of nitrogens with two attached hydrogens (primary N) is 1. The Hall–Kier alpha value is -2.32. The van der Waals surface area contributed by atoms with Gasteiger partial charge in [-0.1, -0.05) is 17.0 Å². The van der Waals surface area contributed by atoms with Crippen molar-refractivity contribution in [2.45, 2.75) is 6.18 Å². The van der Waals surface area contributed by atoms with Crippen LogP contribution in [0.15, 0.2) is 23.3 Å². The van der Waals surface area contributed by atoms with E-state index in [1.54, 1.807) is 0 Å². The van der Waals surface area contributed by atoms with E-state index in [2.05, 4.69) is 21.9 Å². The van der Waals surface area contributed by atoms with Crippen LogP contribution in [0.4, 0.5) is 18.9 Å². The smallest absolute Gasteiger partial charge is 0.398 e. The molecule has 1 rings (SSSR count). The van der Waals surface area contributed by atoms with Crippen molar-refractivity contribution in [1.29, 1.82) is 0 Å². The van der Waals surface area contributed by atoms with Crippen LogP contribution >= 0.6 is 0 Å². The van der Waals surface area contributed by atoms with Gasteiger partial charge in [-0.05, 0) is 23.7 Å². The summed E-state index contributed by atoms with van der Waals surface area (Å²) in [7, 11) is 0. The minimum atomic E-state index is -4.47. The lowest BCUT2D eigenvalue weighted by molar-refractivity contribution is -0.136. The minimum Gasteiger partial charge on any atom is -0.398 e. The third-order valence-corrected chi connectivity index (χ3v) is 1.80. The van der Waals surface area contributed by atoms with Gasteiger partial charge in [0.15, 0.2) is 0 Å². The third-order valence-electron chi connectivity index (χ3n) is 1.80. The number of alkyl halides is 3. The number of rotatable bonds is 1. The zero-order chi connectivity index (χ0) is 12.9. The highest BCUT2D eigenvalue weighted by Gasteiger charge is 2.32. The monoisotopic (exact) mass is 240 g/mol. The average molecular weight is 240 g/mol. The molecule has 0 heterocycles. The summed E-state index contributed by atoms with van der Waals surface area (Å²) >= 11 is 0. The molecular weight excluding hydrogens is 233 g/mol. The molecule has 7 heteroatoms. The van der Waals surface area contributed by atoms with Gasteiger partial charge in [0.1, 0.15) is 0 Å². The molecule has 0 unspecified atom stereocenters. The van der Waals surface area contributed by atoms with E-state index in [9.17, 15) is 13.2 Å². The lowest BCUT2D eigenvalue weighted by atomic mass is 10.1. The average Bonchev–Trinajstić information content (AvgIpc) is 2.23. The molecule has 0 aliphatic carbocycles. The molecule has 88 valence electrons. The number of benzene rings is 1. The number of nitrogens with zero attached hydrogens (tertiary/aromatic N) is 3. The molecule has 0 fully saturated rings. The Balaban J connectivity index is 2.96. The summed E-state index contributed by atoms with van der Waals surface area (Å²) < 4.78 is 37.1. The van der Waals surface area contributed by atoms with E-state index < -0.39 is 11.7 Å². The van der Waals surface area contributed by atoms with E-state index in [4.69, 9.17) is 11.3 Å². The van der Waals surface area contributed by atoms with Crippen LogP contribution in [-0.2, 0) is 6.18 Å². The molecule has 0 atom stereocenters. The van der Waals surface area contributed by atoms with E-state index in [0.717, 1.165) is 12.1 Å². The second-order valence-corrected chi connectivity index (χ2v) is 2.99. The van der Waals surface area contributed by atoms with Crippen LogP contribution in [0.2, 0.25) is 0 Å². The molecule has 4 nitrogen and oxygen atoms in total. The Labute approximate surface area is 94.9 Å². The van der Waals surface area contributed by atoms with Crippen LogP contribution in [0.3, 0.4) is 0 Å². The van der Waals surface area contributed by atoms with Gasteiger partial charge in [-0.3, -0.25) is 0 Å². The highest BCUT2D eigenvalue weighted by Crippen LogP contribution is 2.33. The van der Waals surface area contributed by atoms with Crippen molar-refractivity contribution in [3.05, 3.63) is 39.8 Å². The van der Waals surface area contributed by atoms with Gasteiger partial charge < -0.3 is 5.73 Å². The van der Waals surface area contributed by atoms with Gasteiger partial charge in [-0.25, -0.2) is 0 Å². The van der Waals surface area contributed by atoms with Crippen molar-refractivity contribution in [1.82, 2.24) is 0 Å². The van der Waals surface area contributed by atoms with Crippen molar-refractivity contribution in [3.63, 3.8) is 0 Å². The number of halogens is 3. The molecule has 0 saturated carbocycles.